The van der Waals surface area contributed by atoms with Crippen molar-refractivity contribution in [2.45, 2.75) is 64.2 Å². The lowest BCUT2D eigenvalue weighted by Gasteiger charge is -2.09. The molecule has 1 N–H and O–H groups in total. The van der Waals surface area contributed by atoms with E-state index in [0.717, 1.165) is 68.4 Å². The molecule has 0 aromatic heterocycles. The maximum Gasteiger partial charge on any atom is 0.343 e. The van der Waals surface area contributed by atoms with E-state index in [1.54, 1.807) is 48.5 Å². The highest BCUT2D eigenvalue weighted by molar-refractivity contribution is 6.07. The molecule has 0 bridgehead atoms. The van der Waals surface area contributed by atoms with Gasteiger partial charge in [0.1, 0.15) is 23.0 Å². The first-order chi connectivity index (χ1) is 32.8. The zero-order chi connectivity index (χ0) is 49.3. The number of ketones is 1. The molecule has 1 fully saturated rings. The number of carboxylic acid groups (broad SMARTS) is 1. The van der Waals surface area contributed by atoms with Crippen molar-refractivity contribution in [3.63, 3.8) is 0 Å². The summed E-state index contributed by atoms with van der Waals surface area (Å²) in [6.07, 6.45) is 9.35. The Bertz CT molecular complexity index is 2360. The van der Waals surface area contributed by atoms with E-state index in [9.17, 15) is 38.4 Å². The molecule has 1 unspecified atom stereocenters. The van der Waals surface area contributed by atoms with Crippen LogP contribution in [0.1, 0.15) is 106 Å². The number of hydrogen-bond acceptors (Lipinski definition) is 14. The molecule has 68 heavy (non-hydrogen) atoms. The number of carbonyl (C=O) groups excluding carboxylic acids is 7. The van der Waals surface area contributed by atoms with Gasteiger partial charge in [-0.15, -0.1) is 0 Å². The number of unbranched alkanes of at least 4 members (excludes halogenated alkanes) is 6. The number of nitrogens with zero attached hydrogens (tertiary/aromatic N) is 1. The molecule has 1 atom stereocenters. The van der Waals surface area contributed by atoms with E-state index in [-0.39, 0.29) is 47.5 Å². The normalized spacial score (nSPS) is 12.7. The van der Waals surface area contributed by atoms with E-state index < -0.39 is 35.8 Å². The summed E-state index contributed by atoms with van der Waals surface area (Å²) in [5.74, 6) is -2.63. The van der Waals surface area contributed by atoms with Gasteiger partial charge < -0.3 is 33.5 Å². The first kappa shape index (κ1) is 52.7. The van der Waals surface area contributed by atoms with Crippen LogP contribution in [-0.4, -0.2) is 90.9 Å². The molecule has 2 amide bonds. The fraction of sp³-hybridized carbons (Fsp3) is 0.308. The second-order valence-corrected chi connectivity index (χ2v) is 15.3. The zero-order valence-corrected chi connectivity index (χ0v) is 37.9. The van der Waals surface area contributed by atoms with Crippen LogP contribution in [0.2, 0.25) is 0 Å². The third-order valence-electron chi connectivity index (χ3n) is 10.2. The number of imide groups is 1. The third kappa shape index (κ3) is 18.2. The van der Waals surface area contributed by atoms with Crippen molar-refractivity contribution in [3.8, 4) is 23.0 Å². The summed E-state index contributed by atoms with van der Waals surface area (Å²) >= 11 is 0. The summed E-state index contributed by atoms with van der Waals surface area (Å²) in [5, 5.41) is 8.88. The summed E-state index contributed by atoms with van der Waals surface area (Å²) in [7, 11) is 1.41. The maximum atomic E-state index is 12.5. The molecule has 0 spiro atoms. The minimum absolute atomic E-state index is 0.0389. The first-order valence-electron chi connectivity index (χ1n) is 22.0. The highest BCUT2D eigenvalue weighted by Gasteiger charge is 2.37. The smallest absolute Gasteiger partial charge is 0.343 e. The van der Waals surface area contributed by atoms with Crippen molar-refractivity contribution < 1.29 is 71.9 Å². The number of carbonyl (C=O) groups is 8. The molecule has 5 rings (SSSR count). The maximum absolute atomic E-state index is 12.5. The second-order valence-electron chi connectivity index (χ2n) is 15.3. The quantitative estimate of drug-likeness (QED) is 0.0156. The summed E-state index contributed by atoms with van der Waals surface area (Å²) < 4.78 is 31.8. The van der Waals surface area contributed by atoms with Gasteiger partial charge in [-0.25, -0.2) is 24.0 Å². The largest absolute Gasteiger partial charge is 0.494 e. The Balaban J connectivity index is 0.000000305. The van der Waals surface area contributed by atoms with E-state index in [0.29, 0.717) is 54.6 Å². The molecule has 0 radical (unpaired) electrons. The molecule has 1 saturated heterocycles. The van der Waals surface area contributed by atoms with Crippen molar-refractivity contribution in [2.75, 3.05) is 33.5 Å². The van der Waals surface area contributed by atoms with Crippen LogP contribution in [0, 0.1) is 5.92 Å². The van der Waals surface area contributed by atoms with E-state index in [1.807, 2.05) is 0 Å². The van der Waals surface area contributed by atoms with Crippen molar-refractivity contribution in [1.29, 1.82) is 0 Å². The minimum Gasteiger partial charge on any atom is -0.494 e. The number of likely N-dealkylation sites (tertiary alicyclic amines) is 1. The Morgan fingerprint density at radius 2 is 0.912 bits per heavy atom. The molecule has 4 aromatic rings. The van der Waals surface area contributed by atoms with Gasteiger partial charge in [0.25, 0.3) is 0 Å². The van der Waals surface area contributed by atoms with Crippen LogP contribution in [0.3, 0.4) is 0 Å². The van der Waals surface area contributed by atoms with Crippen LogP contribution in [-0.2, 0) is 28.7 Å². The summed E-state index contributed by atoms with van der Waals surface area (Å²) in [6, 6.07) is 24.9. The lowest BCUT2D eigenvalue weighted by atomic mass is 9.97. The highest BCUT2D eigenvalue weighted by atomic mass is 16.5. The minimum atomic E-state index is -1.04. The van der Waals surface area contributed by atoms with Crippen LogP contribution in [0.25, 0.3) is 0 Å². The van der Waals surface area contributed by atoms with Crippen LogP contribution in [0.15, 0.2) is 122 Å². The predicted molar refractivity (Wildman–Crippen MR) is 248 cm³/mol. The van der Waals surface area contributed by atoms with Gasteiger partial charge in [-0.1, -0.05) is 13.2 Å². The summed E-state index contributed by atoms with van der Waals surface area (Å²) in [5.41, 5.74) is 1.20. The molecule has 1 aliphatic heterocycles. The average molecular weight is 934 g/mol. The standard InChI is InChI=1S/C29H31NO8.C23H24O7/c1-3-27(33)37-17-7-5-4-6-16-36-23-12-10-21(11-13-23)29(35)38-24-14-8-20(9-15-24)25(31)18-22-19-26(32)30(2)28(22)34;1-2-21(24)29-16-6-4-3-5-15-28-19-11-9-18(10-12-19)23(27)30-20-13-7-17(8-14-20)22(25)26/h3,8-15,22H,1,4-7,16-19H2,2H3;2,7-14H,1,3-6,15-16H2,(H,25,26). The number of rotatable bonds is 26. The number of aromatic carboxylic acids is 1. The van der Waals surface area contributed by atoms with Gasteiger partial charge in [0, 0.05) is 37.6 Å². The van der Waals surface area contributed by atoms with Gasteiger partial charge in [-0.05, 0) is 148 Å². The Morgan fingerprint density at radius 3 is 1.28 bits per heavy atom. The van der Waals surface area contributed by atoms with Crippen molar-refractivity contribution in [3.05, 3.63) is 145 Å². The molecular weight excluding hydrogens is 879 g/mol. The molecule has 16 nitrogen and oxygen atoms in total. The van der Waals surface area contributed by atoms with Crippen molar-refractivity contribution >= 4 is 47.4 Å². The molecule has 0 saturated carbocycles. The summed E-state index contributed by atoms with van der Waals surface area (Å²) in [4.78, 5) is 94.6. The third-order valence-corrected chi connectivity index (χ3v) is 10.2. The second kappa shape index (κ2) is 28.2. The fourth-order valence-electron chi connectivity index (χ4n) is 6.37. The lowest BCUT2D eigenvalue weighted by Crippen LogP contribution is -2.26. The number of amides is 2. The number of carboxylic acids is 1. The van der Waals surface area contributed by atoms with E-state index in [2.05, 4.69) is 13.2 Å². The van der Waals surface area contributed by atoms with Gasteiger partial charge in [0.2, 0.25) is 11.8 Å². The monoisotopic (exact) mass is 933 g/mol. The van der Waals surface area contributed by atoms with Gasteiger partial charge in [-0.2, -0.15) is 0 Å². The number of benzene rings is 4. The topological polar surface area (TPSA) is 215 Å². The lowest BCUT2D eigenvalue weighted by molar-refractivity contribution is -0.139. The first-order valence-corrected chi connectivity index (χ1v) is 22.0. The highest BCUT2D eigenvalue weighted by Crippen LogP contribution is 2.25. The summed E-state index contributed by atoms with van der Waals surface area (Å²) in [6.45, 7) is 8.54. The van der Waals surface area contributed by atoms with Gasteiger partial charge >= 0.3 is 29.8 Å². The molecule has 358 valence electrons. The molecule has 1 aliphatic rings. The van der Waals surface area contributed by atoms with Crippen LogP contribution >= 0.6 is 0 Å². The van der Waals surface area contributed by atoms with Crippen LogP contribution < -0.4 is 18.9 Å². The van der Waals surface area contributed by atoms with Crippen molar-refractivity contribution in [2.24, 2.45) is 5.92 Å². The number of esters is 4. The molecule has 0 aliphatic carbocycles. The Morgan fingerprint density at radius 1 is 0.544 bits per heavy atom. The predicted octanol–water partition coefficient (Wildman–Crippen LogP) is 8.42. The van der Waals surface area contributed by atoms with E-state index >= 15 is 0 Å². The SMILES string of the molecule is C=CC(=O)OCCCCCCOc1ccc(C(=O)Oc2ccc(C(=O)CC3CC(=O)N(C)C3=O)cc2)cc1.C=CC(=O)OCCCCCCOc1ccc(C(=O)Oc2ccc(C(=O)O)cc2)cc1. The number of Topliss-reactive ketones (excluding diaryl/α,β-unsaturated/α-hetero) is 1. The molecule has 16 heteroatoms. The zero-order valence-electron chi connectivity index (χ0n) is 37.9. The van der Waals surface area contributed by atoms with Crippen molar-refractivity contribution in [1.82, 2.24) is 4.90 Å². The molecule has 1 heterocycles. The number of ether oxygens (including phenoxy) is 6. The molecular formula is C52H55NO15. The Labute approximate surface area is 394 Å². The average Bonchev–Trinajstić information content (AvgIpc) is 3.59. The van der Waals surface area contributed by atoms with E-state index in [4.69, 9.17) is 33.5 Å². The van der Waals surface area contributed by atoms with Gasteiger partial charge in [0.15, 0.2) is 5.78 Å². The number of hydrogen-bond donors (Lipinski definition) is 1. The Kier molecular flexibility index (Phi) is 21.9. The van der Waals surface area contributed by atoms with Gasteiger partial charge in [-0.3, -0.25) is 19.3 Å². The Hall–Kier alpha value is -7.88. The fourth-order valence-corrected chi connectivity index (χ4v) is 6.37. The van der Waals surface area contributed by atoms with Gasteiger partial charge in [0.05, 0.1) is 49.0 Å². The molecule has 4 aromatic carbocycles. The van der Waals surface area contributed by atoms with Crippen LogP contribution in [0.4, 0.5) is 0 Å². The van der Waals surface area contributed by atoms with E-state index in [1.165, 1.54) is 55.6 Å². The van der Waals surface area contributed by atoms with Crippen LogP contribution in [0.5, 0.6) is 23.0 Å².